The van der Waals surface area contributed by atoms with E-state index in [4.69, 9.17) is 10.5 Å². The summed E-state index contributed by atoms with van der Waals surface area (Å²) in [6.07, 6.45) is 4.92. The summed E-state index contributed by atoms with van der Waals surface area (Å²) in [5.41, 5.74) is 6.44. The van der Waals surface area contributed by atoms with Gasteiger partial charge in [0.25, 0.3) is 0 Å². The fourth-order valence-electron chi connectivity index (χ4n) is 4.10. The Kier molecular flexibility index (Phi) is 2.85. The van der Waals surface area contributed by atoms with E-state index in [1.165, 1.54) is 25.7 Å². The van der Waals surface area contributed by atoms with Crippen LogP contribution in [0, 0.1) is 17.3 Å². The zero-order valence-corrected chi connectivity index (χ0v) is 10.4. The molecule has 2 heteroatoms. The molecular weight excluding hydrogens is 186 g/mol. The predicted molar refractivity (Wildman–Crippen MR) is 62.6 cm³/mol. The molecule has 2 nitrogen and oxygen atoms in total. The molecule has 2 aliphatic rings. The number of hydrogen-bond donors (Lipinski definition) is 1. The van der Waals surface area contributed by atoms with Gasteiger partial charge in [0, 0.05) is 12.5 Å². The molecule has 2 rings (SSSR count). The van der Waals surface area contributed by atoms with Gasteiger partial charge in [0.15, 0.2) is 0 Å². The van der Waals surface area contributed by atoms with Gasteiger partial charge in [-0.1, -0.05) is 20.8 Å². The van der Waals surface area contributed by atoms with Crippen LogP contribution < -0.4 is 5.73 Å². The van der Waals surface area contributed by atoms with Crippen molar-refractivity contribution >= 4 is 0 Å². The minimum absolute atomic E-state index is 0.121. The van der Waals surface area contributed by atoms with Crippen molar-refractivity contribution in [3.05, 3.63) is 0 Å². The van der Waals surface area contributed by atoms with E-state index in [1.54, 1.807) is 0 Å². The summed E-state index contributed by atoms with van der Waals surface area (Å²) in [4.78, 5) is 0. The van der Waals surface area contributed by atoms with Crippen molar-refractivity contribution in [2.45, 2.75) is 52.1 Å². The molecule has 88 valence electrons. The Labute approximate surface area is 93.6 Å². The molecule has 1 saturated heterocycles. The van der Waals surface area contributed by atoms with Crippen LogP contribution in [0.4, 0.5) is 0 Å². The summed E-state index contributed by atoms with van der Waals surface area (Å²) in [6, 6.07) is 0. The Balaban J connectivity index is 2.19. The van der Waals surface area contributed by atoms with Crippen LogP contribution in [0.1, 0.15) is 46.5 Å². The van der Waals surface area contributed by atoms with E-state index in [1.807, 2.05) is 0 Å². The average molecular weight is 211 g/mol. The normalized spacial score (nSPS) is 44.8. The van der Waals surface area contributed by atoms with Gasteiger partial charge in [0.05, 0.1) is 5.60 Å². The molecule has 1 heterocycles. The maximum Gasteiger partial charge on any atom is 0.0731 e. The molecule has 1 aliphatic carbocycles. The molecule has 0 aromatic carbocycles. The van der Waals surface area contributed by atoms with Crippen LogP contribution in [0.2, 0.25) is 0 Å². The molecule has 2 fully saturated rings. The van der Waals surface area contributed by atoms with Gasteiger partial charge in [-0.15, -0.1) is 0 Å². The Bertz CT molecular complexity index is 239. The van der Waals surface area contributed by atoms with E-state index in [-0.39, 0.29) is 5.60 Å². The Hall–Kier alpha value is -0.0800. The molecule has 3 atom stereocenters. The molecular formula is C13H25NO. The molecule has 0 bridgehead atoms. The van der Waals surface area contributed by atoms with Crippen LogP contribution in [0.3, 0.4) is 0 Å². The van der Waals surface area contributed by atoms with Crippen LogP contribution in [-0.4, -0.2) is 18.8 Å². The lowest BCUT2D eigenvalue weighted by Gasteiger charge is -2.47. The van der Waals surface area contributed by atoms with Crippen molar-refractivity contribution in [2.24, 2.45) is 23.0 Å². The molecule has 0 aromatic rings. The van der Waals surface area contributed by atoms with E-state index < -0.39 is 0 Å². The lowest BCUT2D eigenvalue weighted by atomic mass is 9.62. The molecule has 1 saturated carbocycles. The Morgan fingerprint density at radius 2 is 2.07 bits per heavy atom. The van der Waals surface area contributed by atoms with Gasteiger partial charge in [-0.3, -0.25) is 0 Å². The van der Waals surface area contributed by atoms with Crippen molar-refractivity contribution in [3.8, 4) is 0 Å². The van der Waals surface area contributed by atoms with E-state index in [2.05, 4.69) is 20.8 Å². The molecule has 2 N–H and O–H groups in total. The lowest BCUT2D eigenvalue weighted by molar-refractivity contribution is -0.0953. The summed E-state index contributed by atoms with van der Waals surface area (Å²) in [6.45, 7) is 8.82. The number of nitrogens with two attached hydrogens (primary N) is 1. The number of hydrogen-bond acceptors (Lipinski definition) is 2. The van der Waals surface area contributed by atoms with E-state index in [0.717, 1.165) is 19.1 Å². The predicted octanol–water partition coefficient (Wildman–Crippen LogP) is 2.57. The second-order valence-corrected chi connectivity index (χ2v) is 6.49. The third-order valence-corrected chi connectivity index (χ3v) is 4.26. The van der Waals surface area contributed by atoms with Gasteiger partial charge in [0.2, 0.25) is 0 Å². The molecule has 3 unspecified atom stereocenters. The fourth-order valence-corrected chi connectivity index (χ4v) is 4.10. The van der Waals surface area contributed by atoms with Gasteiger partial charge in [0.1, 0.15) is 0 Å². The summed E-state index contributed by atoms with van der Waals surface area (Å²) in [7, 11) is 0. The maximum absolute atomic E-state index is 6.11. The molecule has 1 spiro atoms. The monoisotopic (exact) mass is 211 g/mol. The Morgan fingerprint density at radius 3 is 2.67 bits per heavy atom. The lowest BCUT2D eigenvalue weighted by Crippen LogP contribution is -2.48. The highest BCUT2D eigenvalue weighted by molar-refractivity contribution is 5.01. The van der Waals surface area contributed by atoms with Gasteiger partial charge in [-0.25, -0.2) is 0 Å². The van der Waals surface area contributed by atoms with Gasteiger partial charge in [-0.05, 0) is 43.6 Å². The van der Waals surface area contributed by atoms with Crippen molar-refractivity contribution in [3.63, 3.8) is 0 Å². The van der Waals surface area contributed by atoms with Crippen LogP contribution in [0.15, 0.2) is 0 Å². The largest absolute Gasteiger partial charge is 0.375 e. The van der Waals surface area contributed by atoms with Gasteiger partial charge < -0.3 is 10.5 Å². The first-order valence-corrected chi connectivity index (χ1v) is 6.31. The first kappa shape index (κ1) is 11.4. The fraction of sp³-hybridized carbons (Fsp3) is 1.00. The highest BCUT2D eigenvalue weighted by Crippen LogP contribution is 2.51. The van der Waals surface area contributed by atoms with Gasteiger partial charge in [-0.2, -0.15) is 0 Å². The smallest absolute Gasteiger partial charge is 0.0731 e. The molecule has 0 aromatic heterocycles. The van der Waals surface area contributed by atoms with Crippen LogP contribution >= 0.6 is 0 Å². The highest BCUT2D eigenvalue weighted by Gasteiger charge is 2.50. The SMILES string of the molecule is CC1CC(C)(C)CC2(C1)OCCC2CN. The summed E-state index contributed by atoms with van der Waals surface area (Å²) in [5.74, 6) is 1.38. The highest BCUT2D eigenvalue weighted by atomic mass is 16.5. The standard InChI is InChI=1S/C13H25NO/c1-10-6-12(2,3)9-13(7-10)11(8-14)4-5-15-13/h10-11H,4-9,14H2,1-3H3. The summed E-state index contributed by atoms with van der Waals surface area (Å²) >= 11 is 0. The quantitative estimate of drug-likeness (QED) is 0.723. The summed E-state index contributed by atoms with van der Waals surface area (Å²) in [5, 5.41) is 0. The minimum atomic E-state index is 0.121. The second-order valence-electron chi connectivity index (χ2n) is 6.49. The van der Waals surface area contributed by atoms with Crippen LogP contribution in [-0.2, 0) is 4.74 Å². The van der Waals surface area contributed by atoms with E-state index >= 15 is 0 Å². The van der Waals surface area contributed by atoms with Crippen molar-refractivity contribution in [1.29, 1.82) is 0 Å². The summed E-state index contributed by atoms with van der Waals surface area (Å²) < 4.78 is 6.11. The van der Waals surface area contributed by atoms with Crippen molar-refractivity contribution in [2.75, 3.05) is 13.2 Å². The van der Waals surface area contributed by atoms with Crippen molar-refractivity contribution < 1.29 is 4.74 Å². The molecule has 15 heavy (non-hydrogen) atoms. The van der Waals surface area contributed by atoms with E-state index in [9.17, 15) is 0 Å². The topological polar surface area (TPSA) is 35.2 Å². The van der Waals surface area contributed by atoms with Gasteiger partial charge >= 0.3 is 0 Å². The number of rotatable bonds is 1. The molecule has 1 aliphatic heterocycles. The maximum atomic E-state index is 6.11. The third kappa shape index (κ3) is 2.07. The van der Waals surface area contributed by atoms with Crippen LogP contribution in [0.5, 0.6) is 0 Å². The first-order chi connectivity index (χ1) is 6.97. The molecule has 0 amide bonds. The van der Waals surface area contributed by atoms with Crippen molar-refractivity contribution in [1.82, 2.24) is 0 Å². The first-order valence-electron chi connectivity index (χ1n) is 6.31. The Morgan fingerprint density at radius 1 is 1.33 bits per heavy atom. The second kappa shape index (κ2) is 3.74. The number of ether oxygens (including phenoxy) is 1. The zero-order valence-electron chi connectivity index (χ0n) is 10.4. The molecule has 0 radical (unpaired) electrons. The minimum Gasteiger partial charge on any atom is -0.375 e. The average Bonchev–Trinajstić information content (AvgIpc) is 2.42. The zero-order chi connectivity index (χ0) is 11.1. The third-order valence-electron chi connectivity index (χ3n) is 4.26. The van der Waals surface area contributed by atoms with E-state index in [0.29, 0.717) is 11.3 Å². The van der Waals surface area contributed by atoms with Crippen LogP contribution in [0.25, 0.3) is 0 Å².